The highest BCUT2D eigenvalue weighted by Gasteiger charge is 2.31. The first-order valence-corrected chi connectivity index (χ1v) is 10.6. The standard InChI is InChI=1S/C19H23FN2O3S/c20-16-6-3-5-15(13-16)18-7-4-10-21(18)14-17-8-9-19(25-17)26(23,24)22-11-1-2-12-22/h3,5-6,8-9,13,18H,1-2,4,7,10-12,14H2/t18-/m1/s1. The number of rotatable bonds is 5. The van der Waals surface area contributed by atoms with Gasteiger partial charge in [0.05, 0.1) is 6.54 Å². The van der Waals surface area contributed by atoms with E-state index < -0.39 is 10.0 Å². The third-order valence-electron chi connectivity index (χ3n) is 5.25. The molecule has 0 radical (unpaired) electrons. The molecule has 1 atom stereocenters. The molecule has 0 bridgehead atoms. The first-order valence-electron chi connectivity index (χ1n) is 9.12. The van der Waals surface area contributed by atoms with E-state index in [1.54, 1.807) is 24.3 Å². The Kier molecular flexibility index (Phi) is 4.86. The van der Waals surface area contributed by atoms with Crippen LogP contribution in [0.5, 0.6) is 0 Å². The van der Waals surface area contributed by atoms with Gasteiger partial charge in [0.25, 0.3) is 10.0 Å². The molecule has 0 aliphatic carbocycles. The van der Waals surface area contributed by atoms with E-state index in [1.165, 1.54) is 10.4 Å². The van der Waals surface area contributed by atoms with E-state index >= 15 is 0 Å². The fourth-order valence-electron chi connectivity index (χ4n) is 3.94. The largest absolute Gasteiger partial charge is 0.447 e. The van der Waals surface area contributed by atoms with Crippen LogP contribution in [0.15, 0.2) is 45.9 Å². The summed E-state index contributed by atoms with van der Waals surface area (Å²) >= 11 is 0. The predicted molar refractivity (Wildman–Crippen MR) is 95.5 cm³/mol. The molecule has 0 N–H and O–H groups in total. The minimum Gasteiger partial charge on any atom is -0.447 e. The average Bonchev–Trinajstić information content (AvgIpc) is 3.37. The van der Waals surface area contributed by atoms with Crippen molar-refractivity contribution in [1.82, 2.24) is 9.21 Å². The summed E-state index contributed by atoms with van der Waals surface area (Å²) in [7, 11) is -3.52. The van der Waals surface area contributed by atoms with Gasteiger partial charge in [-0.3, -0.25) is 4.90 Å². The normalized spacial score (nSPS) is 22.3. The van der Waals surface area contributed by atoms with Gasteiger partial charge in [-0.15, -0.1) is 0 Å². The van der Waals surface area contributed by atoms with Crippen LogP contribution in [0.4, 0.5) is 4.39 Å². The summed E-state index contributed by atoms with van der Waals surface area (Å²) in [5.41, 5.74) is 0.957. The zero-order valence-corrected chi connectivity index (χ0v) is 15.4. The van der Waals surface area contributed by atoms with Gasteiger partial charge < -0.3 is 4.42 Å². The molecule has 2 saturated heterocycles. The summed E-state index contributed by atoms with van der Waals surface area (Å²) < 4.78 is 45.9. The summed E-state index contributed by atoms with van der Waals surface area (Å²) in [5, 5.41) is 0.0240. The van der Waals surface area contributed by atoms with E-state index in [-0.39, 0.29) is 17.0 Å². The van der Waals surface area contributed by atoms with Crippen molar-refractivity contribution >= 4 is 10.0 Å². The van der Waals surface area contributed by atoms with Gasteiger partial charge in [0.15, 0.2) is 0 Å². The molecule has 2 aromatic rings. The number of sulfonamides is 1. The lowest BCUT2D eigenvalue weighted by molar-refractivity contribution is 0.220. The van der Waals surface area contributed by atoms with E-state index in [4.69, 9.17) is 4.42 Å². The zero-order valence-electron chi connectivity index (χ0n) is 14.6. The smallest absolute Gasteiger partial charge is 0.276 e. The molecule has 2 fully saturated rings. The molecule has 1 aromatic carbocycles. The van der Waals surface area contributed by atoms with Gasteiger partial charge >= 0.3 is 0 Å². The topological polar surface area (TPSA) is 53.8 Å². The second kappa shape index (κ2) is 7.13. The Bertz CT molecular complexity index is 874. The van der Waals surface area contributed by atoms with E-state index in [1.807, 2.05) is 6.07 Å². The summed E-state index contributed by atoms with van der Waals surface area (Å²) in [5.74, 6) is 0.400. The Morgan fingerprint density at radius 2 is 1.88 bits per heavy atom. The molecular weight excluding hydrogens is 355 g/mol. The van der Waals surface area contributed by atoms with Crippen molar-refractivity contribution in [1.29, 1.82) is 0 Å². The molecule has 140 valence electrons. The molecule has 26 heavy (non-hydrogen) atoms. The van der Waals surface area contributed by atoms with Crippen molar-refractivity contribution < 1.29 is 17.2 Å². The number of furan rings is 1. The maximum Gasteiger partial charge on any atom is 0.276 e. The van der Waals surface area contributed by atoms with Crippen LogP contribution in [0.1, 0.15) is 43.0 Å². The molecular formula is C19H23FN2O3S. The SMILES string of the molecule is O=S(=O)(c1ccc(CN2CCC[C@@H]2c2cccc(F)c2)o1)N1CCCC1. The number of hydrogen-bond acceptors (Lipinski definition) is 4. The second-order valence-electron chi connectivity index (χ2n) is 7.02. The van der Waals surface area contributed by atoms with Crippen LogP contribution in [-0.2, 0) is 16.6 Å². The van der Waals surface area contributed by atoms with Crippen LogP contribution in [0.2, 0.25) is 0 Å². The van der Waals surface area contributed by atoms with E-state index in [0.29, 0.717) is 25.4 Å². The lowest BCUT2D eigenvalue weighted by atomic mass is 10.0. The van der Waals surface area contributed by atoms with Gasteiger partial charge in [0.2, 0.25) is 5.09 Å². The van der Waals surface area contributed by atoms with Crippen LogP contribution >= 0.6 is 0 Å². The monoisotopic (exact) mass is 378 g/mol. The van der Waals surface area contributed by atoms with Crippen molar-refractivity contribution in [3.8, 4) is 0 Å². The number of hydrogen-bond donors (Lipinski definition) is 0. The van der Waals surface area contributed by atoms with Gasteiger partial charge in [-0.05, 0) is 62.1 Å². The van der Waals surface area contributed by atoms with Crippen molar-refractivity contribution in [3.05, 3.63) is 53.5 Å². The Balaban J connectivity index is 1.50. The summed E-state index contributed by atoms with van der Waals surface area (Å²) in [6.45, 7) is 2.53. The highest BCUT2D eigenvalue weighted by molar-refractivity contribution is 7.89. The minimum absolute atomic E-state index is 0.0240. The number of nitrogens with zero attached hydrogens (tertiary/aromatic N) is 2. The summed E-state index contributed by atoms with van der Waals surface area (Å²) in [6.07, 6.45) is 3.79. The van der Waals surface area contributed by atoms with E-state index in [0.717, 1.165) is 37.8 Å². The lowest BCUT2D eigenvalue weighted by Crippen LogP contribution is -2.27. The highest BCUT2D eigenvalue weighted by atomic mass is 32.2. The van der Waals surface area contributed by atoms with Crippen LogP contribution in [-0.4, -0.2) is 37.3 Å². The first-order chi connectivity index (χ1) is 12.5. The first kappa shape index (κ1) is 17.7. The summed E-state index contributed by atoms with van der Waals surface area (Å²) in [4.78, 5) is 2.22. The molecule has 2 aliphatic heterocycles. The fraction of sp³-hybridized carbons (Fsp3) is 0.474. The molecule has 4 rings (SSSR count). The van der Waals surface area contributed by atoms with Gasteiger partial charge in [0, 0.05) is 19.1 Å². The molecule has 0 spiro atoms. The van der Waals surface area contributed by atoms with Crippen molar-refractivity contribution in [3.63, 3.8) is 0 Å². The quantitative estimate of drug-likeness (QED) is 0.799. The third-order valence-corrected chi connectivity index (χ3v) is 7.03. The maximum atomic E-state index is 13.5. The van der Waals surface area contributed by atoms with Crippen molar-refractivity contribution in [2.75, 3.05) is 19.6 Å². The lowest BCUT2D eigenvalue weighted by Gasteiger charge is -2.23. The zero-order chi connectivity index (χ0) is 18.1. The number of benzene rings is 1. The molecule has 0 amide bonds. The third kappa shape index (κ3) is 3.43. The van der Waals surface area contributed by atoms with Gasteiger partial charge in [-0.1, -0.05) is 12.1 Å². The number of halogens is 1. The van der Waals surface area contributed by atoms with E-state index in [2.05, 4.69) is 4.90 Å². The fourth-order valence-corrected chi connectivity index (χ4v) is 5.39. The molecule has 2 aliphatic rings. The minimum atomic E-state index is -3.52. The molecule has 1 aromatic heterocycles. The Hall–Kier alpha value is -1.70. The second-order valence-corrected chi connectivity index (χ2v) is 8.88. The van der Waals surface area contributed by atoms with E-state index in [9.17, 15) is 12.8 Å². The predicted octanol–water partition coefficient (Wildman–Crippen LogP) is 3.54. The maximum absolute atomic E-state index is 13.5. The van der Waals surface area contributed by atoms with Gasteiger partial charge in [-0.2, -0.15) is 4.31 Å². The van der Waals surface area contributed by atoms with Gasteiger partial charge in [-0.25, -0.2) is 12.8 Å². The van der Waals surface area contributed by atoms with Gasteiger partial charge in [0.1, 0.15) is 11.6 Å². The van der Waals surface area contributed by atoms with Crippen molar-refractivity contribution in [2.24, 2.45) is 0 Å². The highest BCUT2D eigenvalue weighted by Crippen LogP contribution is 2.34. The Morgan fingerprint density at radius 3 is 2.65 bits per heavy atom. The molecule has 5 nitrogen and oxygen atoms in total. The molecule has 0 saturated carbocycles. The Morgan fingerprint density at radius 1 is 1.08 bits per heavy atom. The molecule has 7 heteroatoms. The molecule has 3 heterocycles. The van der Waals surface area contributed by atoms with Crippen LogP contribution in [0, 0.1) is 5.82 Å². The Labute approximate surface area is 153 Å². The average molecular weight is 378 g/mol. The van der Waals surface area contributed by atoms with Crippen LogP contribution in [0.25, 0.3) is 0 Å². The molecule has 0 unspecified atom stereocenters. The van der Waals surface area contributed by atoms with Crippen LogP contribution < -0.4 is 0 Å². The number of likely N-dealkylation sites (tertiary alicyclic amines) is 1. The van der Waals surface area contributed by atoms with Crippen molar-refractivity contribution in [2.45, 2.75) is 43.4 Å². The summed E-state index contributed by atoms with van der Waals surface area (Å²) in [6, 6.07) is 10.1. The van der Waals surface area contributed by atoms with Crippen LogP contribution in [0.3, 0.4) is 0 Å².